The van der Waals surface area contributed by atoms with Gasteiger partial charge in [0.25, 0.3) is 5.69 Å². The Morgan fingerprint density at radius 3 is 2.63 bits per heavy atom. The molecule has 1 saturated carbocycles. The van der Waals surface area contributed by atoms with E-state index in [0.717, 1.165) is 49.6 Å². The number of nitrogens with two attached hydrogens (primary N) is 1. The molecule has 9 nitrogen and oxygen atoms in total. The number of non-ortho nitro benzene ring substituents is 1. The fourth-order valence-electron chi connectivity index (χ4n) is 3.33. The highest BCUT2D eigenvalue weighted by Crippen LogP contribution is 2.37. The molecule has 1 aliphatic rings. The molecule has 0 radical (unpaired) electrons. The lowest BCUT2D eigenvalue weighted by atomic mass is 9.89. The van der Waals surface area contributed by atoms with Crippen LogP contribution in [0.4, 0.5) is 24.5 Å². The van der Waals surface area contributed by atoms with Gasteiger partial charge in [0.2, 0.25) is 11.1 Å². The molecule has 13 heteroatoms. The van der Waals surface area contributed by atoms with E-state index < -0.39 is 33.9 Å². The van der Waals surface area contributed by atoms with Gasteiger partial charge in [-0.3, -0.25) is 14.9 Å². The number of aromatic nitrogens is 3. The van der Waals surface area contributed by atoms with E-state index in [1.165, 1.54) is 11.1 Å². The summed E-state index contributed by atoms with van der Waals surface area (Å²) in [5.41, 5.74) is -2.58. The third-order valence-corrected chi connectivity index (χ3v) is 5.73. The van der Waals surface area contributed by atoms with Crippen molar-refractivity contribution >= 4 is 29.0 Å². The number of nitrogens with zero attached hydrogens (tertiary/aromatic N) is 4. The number of carbonyl (C=O) groups is 1. The first-order valence-electron chi connectivity index (χ1n) is 9.15. The van der Waals surface area contributed by atoms with Crippen molar-refractivity contribution in [3.05, 3.63) is 39.7 Å². The van der Waals surface area contributed by atoms with Crippen molar-refractivity contribution in [1.29, 1.82) is 0 Å². The number of nitrogens with one attached hydrogen (secondary N) is 1. The Labute approximate surface area is 173 Å². The number of anilines is 1. The summed E-state index contributed by atoms with van der Waals surface area (Å²) in [6.07, 6.45) is 0.383. The third-order valence-electron chi connectivity index (χ3n) is 4.79. The van der Waals surface area contributed by atoms with Crippen LogP contribution in [0.2, 0.25) is 0 Å². The lowest BCUT2D eigenvalue weighted by molar-refractivity contribution is -0.385. The Balaban J connectivity index is 1.67. The van der Waals surface area contributed by atoms with E-state index in [9.17, 15) is 28.1 Å². The summed E-state index contributed by atoms with van der Waals surface area (Å²) in [7, 11) is 0. The van der Waals surface area contributed by atoms with Crippen LogP contribution in [0.15, 0.2) is 23.4 Å². The molecular weight excluding hydrogens is 425 g/mol. The summed E-state index contributed by atoms with van der Waals surface area (Å²) in [6.45, 7) is 0. The van der Waals surface area contributed by atoms with Gasteiger partial charge in [0.15, 0.2) is 5.82 Å². The van der Waals surface area contributed by atoms with Crippen LogP contribution >= 0.6 is 11.8 Å². The van der Waals surface area contributed by atoms with Gasteiger partial charge < -0.3 is 11.2 Å². The highest BCUT2D eigenvalue weighted by Gasteiger charge is 2.35. The standard InChI is InChI=1S/C17H19F3N6O3S/c18-17(19,20)12-8-11(26(28)29)6-7-13(12)22-14(27)9-30-16-24-23-15(25(16)21)10-4-2-1-3-5-10/h6-8,10H,1-5,9,21H2,(H,22,27). The number of nitro benzene ring substituents is 1. The van der Waals surface area contributed by atoms with Crippen LogP contribution in [0, 0.1) is 10.1 Å². The molecule has 1 fully saturated rings. The summed E-state index contributed by atoms with van der Waals surface area (Å²) < 4.78 is 40.9. The summed E-state index contributed by atoms with van der Waals surface area (Å²) in [5.74, 6) is 5.87. The largest absolute Gasteiger partial charge is 0.418 e. The van der Waals surface area contributed by atoms with Gasteiger partial charge in [-0.1, -0.05) is 31.0 Å². The first-order chi connectivity index (χ1) is 14.2. The minimum atomic E-state index is -4.87. The molecule has 1 aromatic heterocycles. The van der Waals surface area contributed by atoms with Crippen LogP contribution in [0.5, 0.6) is 0 Å². The number of nitrogen functional groups attached to an aromatic ring is 1. The van der Waals surface area contributed by atoms with E-state index in [-0.39, 0.29) is 16.8 Å². The Morgan fingerprint density at radius 2 is 2.00 bits per heavy atom. The lowest BCUT2D eigenvalue weighted by Gasteiger charge is -2.20. The predicted molar refractivity (Wildman–Crippen MR) is 103 cm³/mol. The zero-order chi connectivity index (χ0) is 21.9. The first kappa shape index (κ1) is 21.9. The fourth-order valence-corrected chi connectivity index (χ4v) is 4.00. The van der Waals surface area contributed by atoms with Gasteiger partial charge >= 0.3 is 6.18 Å². The van der Waals surface area contributed by atoms with Crippen LogP contribution in [0.1, 0.15) is 49.4 Å². The van der Waals surface area contributed by atoms with Gasteiger partial charge in [-0.25, -0.2) is 4.68 Å². The quantitative estimate of drug-likeness (QED) is 0.301. The van der Waals surface area contributed by atoms with Gasteiger partial charge in [-0.05, 0) is 18.9 Å². The molecule has 0 saturated heterocycles. The minimum Gasteiger partial charge on any atom is -0.336 e. The van der Waals surface area contributed by atoms with Crippen molar-refractivity contribution in [1.82, 2.24) is 14.9 Å². The normalized spacial score (nSPS) is 15.2. The molecule has 0 bridgehead atoms. The third kappa shape index (κ3) is 5.01. The molecule has 162 valence electrons. The number of halogens is 3. The molecule has 3 rings (SSSR count). The highest BCUT2D eigenvalue weighted by atomic mass is 32.2. The second kappa shape index (κ2) is 8.90. The van der Waals surface area contributed by atoms with E-state index in [1.807, 2.05) is 0 Å². The number of rotatable bonds is 6. The molecule has 1 aliphatic carbocycles. The van der Waals surface area contributed by atoms with Crippen molar-refractivity contribution in [2.24, 2.45) is 0 Å². The number of benzene rings is 1. The number of thioether (sulfide) groups is 1. The van der Waals surface area contributed by atoms with Crippen LogP contribution < -0.4 is 11.2 Å². The van der Waals surface area contributed by atoms with Gasteiger partial charge in [-0.15, -0.1) is 10.2 Å². The topological polar surface area (TPSA) is 129 Å². The van der Waals surface area contributed by atoms with E-state index in [4.69, 9.17) is 5.84 Å². The van der Waals surface area contributed by atoms with Gasteiger partial charge in [0.1, 0.15) is 0 Å². The van der Waals surface area contributed by atoms with E-state index >= 15 is 0 Å². The molecule has 1 heterocycles. The lowest BCUT2D eigenvalue weighted by Crippen LogP contribution is -2.20. The van der Waals surface area contributed by atoms with E-state index in [0.29, 0.717) is 11.9 Å². The SMILES string of the molecule is Nn1c(SCC(=O)Nc2ccc([N+](=O)[O-])cc2C(F)(F)F)nnc1C1CCCCC1. The van der Waals surface area contributed by atoms with Crippen molar-refractivity contribution in [2.45, 2.75) is 49.4 Å². The van der Waals surface area contributed by atoms with Crippen LogP contribution in [-0.4, -0.2) is 31.5 Å². The highest BCUT2D eigenvalue weighted by molar-refractivity contribution is 7.99. The second-order valence-electron chi connectivity index (χ2n) is 6.87. The molecule has 0 atom stereocenters. The maximum Gasteiger partial charge on any atom is 0.418 e. The zero-order valence-corrected chi connectivity index (χ0v) is 16.5. The Hall–Kier alpha value is -2.83. The van der Waals surface area contributed by atoms with Crippen LogP contribution in [-0.2, 0) is 11.0 Å². The number of alkyl halides is 3. The Bertz CT molecular complexity index is 943. The molecule has 30 heavy (non-hydrogen) atoms. The van der Waals surface area contributed by atoms with Gasteiger partial charge in [0, 0.05) is 18.1 Å². The molecule has 1 amide bonds. The van der Waals surface area contributed by atoms with Crippen molar-refractivity contribution in [2.75, 3.05) is 16.9 Å². The van der Waals surface area contributed by atoms with Crippen LogP contribution in [0.25, 0.3) is 0 Å². The summed E-state index contributed by atoms with van der Waals surface area (Å²) in [4.78, 5) is 22.0. The summed E-state index contributed by atoms with van der Waals surface area (Å²) in [5, 5.41) is 21.2. The maximum atomic E-state index is 13.2. The minimum absolute atomic E-state index is 0.203. The second-order valence-corrected chi connectivity index (χ2v) is 7.81. The summed E-state index contributed by atoms with van der Waals surface area (Å²) in [6, 6.07) is 2.14. The smallest absolute Gasteiger partial charge is 0.336 e. The molecule has 1 aromatic carbocycles. The van der Waals surface area contributed by atoms with E-state index in [2.05, 4.69) is 15.5 Å². The first-order valence-corrected chi connectivity index (χ1v) is 10.1. The monoisotopic (exact) mass is 444 g/mol. The fraction of sp³-hybridized carbons (Fsp3) is 0.471. The number of nitro groups is 1. The van der Waals surface area contributed by atoms with E-state index in [1.54, 1.807) is 0 Å². The van der Waals surface area contributed by atoms with Crippen molar-refractivity contribution in [3.63, 3.8) is 0 Å². The predicted octanol–water partition coefficient (Wildman–Crippen LogP) is 3.70. The molecular formula is C17H19F3N6O3S. The van der Waals surface area contributed by atoms with Crippen molar-refractivity contribution < 1.29 is 22.9 Å². The number of hydrogen-bond donors (Lipinski definition) is 2. The Kier molecular flexibility index (Phi) is 6.48. The number of hydrogen-bond acceptors (Lipinski definition) is 7. The molecule has 2 aromatic rings. The van der Waals surface area contributed by atoms with Gasteiger partial charge in [0.05, 0.1) is 21.9 Å². The summed E-state index contributed by atoms with van der Waals surface area (Å²) >= 11 is 0.943. The molecule has 0 aliphatic heterocycles. The Morgan fingerprint density at radius 1 is 1.30 bits per heavy atom. The molecule has 0 spiro atoms. The number of carbonyl (C=O) groups excluding carboxylic acids is 1. The van der Waals surface area contributed by atoms with Crippen molar-refractivity contribution in [3.8, 4) is 0 Å². The average molecular weight is 444 g/mol. The molecule has 3 N–H and O–H groups in total. The number of amides is 1. The zero-order valence-electron chi connectivity index (χ0n) is 15.7. The average Bonchev–Trinajstić information content (AvgIpc) is 3.07. The van der Waals surface area contributed by atoms with Gasteiger partial charge in [-0.2, -0.15) is 13.2 Å². The van der Waals surface area contributed by atoms with Crippen LogP contribution in [0.3, 0.4) is 0 Å². The molecule has 0 unspecified atom stereocenters. The maximum absolute atomic E-state index is 13.2.